The van der Waals surface area contributed by atoms with Gasteiger partial charge in [0.2, 0.25) is 17.7 Å². The Balaban J connectivity index is 1.43. The number of aromatic nitrogens is 1. The smallest absolute Gasteiger partial charge is 0.223 e. The van der Waals surface area contributed by atoms with Gasteiger partial charge in [-0.05, 0) is 37.3 Å². The Labute approximate surface area is 155 Å². The van der Waals surface area contributed by atoms with Crippen LogP contribution in [0.2, 0.25) is 0 Å². The van der Waals surface area contributed by atoms with Gasteiger partial charge in [-0.2, -0.15) is 0 Å². The number of nitrogens with zero attached hydrogens (tertiary/aromatic N) is 3. The van der Waals surface area contributed by atoms with Crippen molar-refractivity contribution >= 4 is 11.8 Å². The second kappa shape index (κ2) is 8.52. The van der Waals surface area contributed by atoms with Crippen molar-refractivity contribution < 1.29 is 14.3 Å². The maximum atomic E-state index is 12.3. The maximum Gasteiger partial charge on any atom is 0.223 e. The molecule has 0 radical (unpaired) electrons. The molecule has 1 atom stereocenters. The Morgan fingerprint density at radius 2 is 2.08 bits per heavy atom. The Morgan fingerprint density at radius 3 is 2.77 bits per heavy atom. The number of carbonyl (C=O) groups is 2. The lowest BCUT2D eigenvalue weighted by Gasteiger charge is -2.33. The predicted octanol–water partition coefficient (Wildman–Crippen LogP) is 2.27. The van der Waals surface area contributed by atoms with Crippen molar-refractivity contribution in [2.45, 2.75) is 39.5 Å². The summed E-state index contributed by atoms with van der Waals surface area (Å²) < 4.78 is 5.78. The number of amides is 2. The van der Waals surface area contributed by atoms with Crippen molar-refractivity contribution in [2.75, 3.05) is 32.8 Å². The lowest BCUT2D eigenvalue weighted by molar-refractivity contribution is -0.133. The van der Waals surface area contributed by atoms with Gasteiger partial charge in [0.15, 0.2) is 0 Å². The van der Waals surface area contributed by atoms with E-state index in [1.54, 1.807) is 6.20 Å². The van der Waals surface area contributed by atoms with Gasteiger partial charge in [0.25, 0.3) is 0 Å². The zero-order chi connectivity index (χ0) is 18.5. The van der Waals surface area contributed by atoms with Crippen molar-refractivity contribution in [1.82, 2.24) is 14.8 Å². The monoisotopic (exact) mass is 359 g/mol. The highest BCUT2D eigenvalue weighted by molar-refractivity contribution is 5.78. The number of pyridine rings is 1. The summed E-state index contributed by atoms with van der Waals surface area (Å²) in [6.07, 6.45) is 4.85. The van der Waals surface area contributed by atoms with Crippen molar-refractivity contribution in [3.05, 3.63) is 23.9 Å². The molecule has 3 heterocycles. The average molecular weight is 359 g/mol. The van der Waals surface area contributed by atoms with Gasteiger partial charge < -0.3 is 14.5 Å². The minimum atomic E-state index is 0.225. The number of hydrogen-bond donors (Lipinski definition) is 0. The van der Waals surface area contributed by atoms with Crippen LogP contribution in [0.3, 0.4) is 0 Å². The summed E-state index contributed by atoms with van der Waals surface area (Å²) in [7, 11) is 0. The molecule has 0 aliphatic carbocycles. The first-order valence-corrected chi connectivity index (χ1v) is 9.66. The Morgan fingerprint density at radius 1 is 1.31 bits per heavy atom. The van der Waals surface area contributed by atoms with Crippen LogP contribution in [0.5, 0.6) is 5.88 Å². The summed E-state index contributed by atoms with van der Waals surface area (Å²) in [6.45, 7) is 7.67. The molecule has 1 unspecified atom stereocenters. The van der Waals surface area contributed by atoms with E-state index in [0.29, 0.717) is 31.2 Å². The minimum absolute atomic E-state index is 0.225. The number of rotatable bonds is 6. The highest BCUT2D eigenvalue weighted by Gasteiger charge is 2.32. The molecule has 2 amide bonds. The molecule has 2 aliphatic heterocycles. The summed E-state index contributed by atoms with van der Waals surface area (Å²) >= 11 is 0. The Kier molecular flexibility index (Phi) is 6.12. The summed E-state index contributed by atoms with van der Waals surface area (Å²) in [5.41, 5.74) is 1.12. The van der Waals surface area contributed by atoms with E-state index >= 15 is 0 Å². The lowest BCUT2D eigenvalue weighted by atomic mass is 9.96. The molecule has 0 saturated carbocycles. The van der Waals surface area contributed by atoms with E-state index in [1.165, 1.54) is 0 Å². The molecular weight excluding hydrogens is 330 g/mol. The lowest BCUT2D eigenvalue weighted by Crippen LogP contribution is -2.41. The van der Waals surface area contributed by atoms with Crippen molar-refractivity contribution in [3.63, 3.8) is 0 Å². The zero-order valence-corrected chi connectivity index (χ0v) is 15.8. The number of likely N-dealkylation sites (tertiary alicyclic amines) is 2. The fourth-order valence-corrected chi connectivity index (χ4v) is 3.83. The van der Waals surface area contributed by atoms with Gasteiger partial charge in [0.1, 0.15) is 0 Å². The second-order valence-corrected chi connectivity index (χ2v) is 7.53. The van der Waals surface area contributed by atoms with Crippen LogP contribution in [0, 0.1) is 18.8 Å². The standard InChI is InChI=1S/C20H29N3O3/c1-3-19(24)22-8-5-16(6-9-22)12-23-13-17(11-20(23)25)14-26-18-10-15(2)4-7-21-18/h4,7,10,16-17H,3,5-6,8-9,11-14H2,1-2H3. The van der Waals surface area contributed by atoms with Crippen LogP contribution in [0.4, 0.5) is 0 Å². The molecule has 3 rings (SSSR count). The molecule has 2 saturated heterocycles. The summed E-state index contributed by atoms with van der Waals surface area (Å²) in [5.74, 6) is 1.82. The molecule has 0 spiro atoms. The number of hydrogen-bond acceptors (Lipinski definition) is 4. The molecule has 142 valence electrons. The first-order valence-electron chi connectivity index (χ1n) is 9.66. The molecule has 2 aliphatic rings. The van der Waals surface area contributed by atoms with Crippen molar-refractivity contribution in [2.24, 2.45) is 11.8 Å². The van der Waals surface area contributed by atoms with E-state index in [1.807, 2.05) is 35.8 Å². The third-order valence-corrected chi connectivity index (χ3v) is 5.40. The van der Waals surface area contributed by atoms with E-state index in [9.17, 15) is 9.59 Å². The number of piperidine rings is 1. The second-order valence-electron chi connectivity index (χ2n) is 7.53. The fourth-order valence-electron chi connectivity index (χ4n) is 3.83. The molecular formula is C20H29N3O3. The molecule has 1 aromatic rings. The van der Waals surface area contributed by atoms with Crippen LogP contribution in [-0.4, -0.2) is 59.4 Å². The topological polar surface area (TPSA) is 62.7 Å². The van der Waals surface area contributed by atoms with Crippen molar-refractivity contribution in [3.8, 4) is 5.88 Å². The third kappa shape index (κ3) is 4.74. The highest BCUT2D eigenvalue weighted by Crippen LogP contribution is 2.24. The summed E-state index contributed by atoms with van der Waals surface area (Å²) in [6, 6.07) is 3.85. The van der Waals surface area contributed by atoms with Crippen LogP contribution in [-0.2, 0) is 9.59 Å². The summed E-state index contributed by atoms with van der Waals surface area (Å²) in [4.78, 5) is 32.2. The number of ether oxygens (including phenoxy) is 1. The molecule has 0 N–H and O–H groups in total. The summed E-state index contributed by atoms with van der Waals surface area (Å²) in [5, 5.41) is 0. The minimum Gasteiger partial charge on any atom is -0.477 e. The Hall–Kier alpha value is -2.11. The largest absolute Gasteiger partial charge is 0.477 e. The molecule has 2 fully saturated rings. The average Bonchev–Trinajstić information content (AvgIpc) is 2.99. The fraction of sp³-hybridized carbons (Fsp3) is 0.650. The number of carbonyl (C=O) groups excluding carboxylic acids is 2. The molecule has 26 heavy (non-hydrogen) atoms. The molecule has 0 aromatic carbocycles. The van der Waals surface area contributed by atoms with Crippen molar-refractivity contribution in [1.29, 1.82) is 0 Å². The van der Waals surface area contributed by atoms with Gasteiger partial charge in [0, 0.05) is 57.2 Å². The van der Waals surface area contributed by atoms with Gasteiger partial charge in [-0.15, -0.1) is 0 Å². The van der Waals surface area contributed by atoms with Gasteiger partial charge in [-0.25, -0.2) is 4.98 Å². The number of aryl methyl sites for hydroxylation is 1. The van der Waals surface area contributed by atoms with Gasteiger partial charge in [-0.1, -0.05) is 6.92 Å². The SMILES string of the molecule is CCC(=O)N1CCC(CN2CC(COc3cc(C)ccn3)CC2=O)CC1. The van der Waals surface area contributed by atoms with E-state index in [4.69, 9.17) is 4.74 Å². The first kappa shape index (κ1) is 18.7. The molecule has 0 bridgehead atoms. The zero-order valence-electron chi connectivity index (χ0n) is 15.8. The third-order valence-electron chi connectivity index (χ3n) is 5.40. The van der Waals surface area contributed by atoms with Crippen LogP contribution in [0.25, 0.3) is 0 Å². The molecule has 1 aromatic heterocycles. The van der Waals surface area contributed by atoms with Gasteiger partial charge in [-0.3, -0.25) is 9.59 Å². The van der Waals surface area contributed by atoms with E-state index in [2.05, 4.69) is 4.98 Å². The van der Waals surface area contributed by atoms with E-state index in [-0.39, 0.29) is 17.7 Å². The maximum absolute atomic E-state index is 12.3. The van der Waals surface area contributed by atoms with Crippen LogP contribution in [0.15, 0.2) is 18.3 Å². The molecule has 6 heteroatoms. The van der Waals surface area contributed by atoms with E-state index < -0.39 is 0 Å². The van der Waals surface area contributed by atoms with Crippen LogP contribution < -0.4 is 4.74 Å². The first-order chi connectivity index (χ1) is 12.5. The molecule has 6 nitrogen and oxygen atoms in total. The van der Waals surface area contributed by atoms with Crippen LogP contribution >= 0.6 is 0 Å². The van der Waals surface area contributed by atoms with Gasteiger partial charge in [0.05, 0.1) is 6.61 Å². The Bertz CT molecular complexity index is 641. The van der Waals surface area contributed by atoms with E-state index in [0.717, 1.165) is 44.6 Å². The highest BCUT2D eigenvalue weighted by atomic mass is 16.5. The quantitative estimate of drug-likeness (QED) is 0.782. The van der Waals surface area contributed by atoms with Gasteiger partial charge >= 0.3 is 0 Å². The van der Waals surface area contributed by atoms with Crippen LogP contribution in [0.1, 0.15) is 38.2 Å². The predicted molar refractivity (Wildman–Crippen MR) is 98.8 cm³/mol. The normalized spacial score (nSPS) is 21.3.